The summed E-state index contributed by atoms with van der Waals surface area (Å²) in [7, 11) is 0. The number of nitrogens with one attached hydrogen (secondary N) is 1. The minimum Gasteiger partial charge on any atom is -0.368 e. The Labute approximate surface area is 156 Å². The Balaban J connectivity index is 1.56. The molecule has 0 bridgehead atoms. The third-order valence-corrected chi connectivity index (χ3v) is 5.09. The van der Waals surface area contributed by atoms with Gasteiger partial charge in [0.1, 0.15) is 16.7 Å². The molecule has 0 amide bonds. The van der Waals surface area contributed by atoms with Crippen LogP contribution in [0.4, 0.5) is 11.5 Å². The molecule has 1 saturated heterocycles. The summed E-state index contributed by atoms with van der Waals surface area (Å²) in [4.78, 5) is 13.2. The summed E-state index contributed by atoms with van der Waals surface area (Å²) in [5.74, 6) is 0.893. The second-order valence-corrected chi connectivity index (χ2v) is 7.20. The number of nitrogens with zero attached hydrogens (tertiary/aromatic N) is 5. The molecule has 2 aromatic heterocycles. The number of H-pyrrole nitrogens is 1. The van der Waals surface area contributed by atoms with Crippen LogP contribution < -0.4 is 9.80 Å². The van der Waals surface area contributed by atoms with Crippen molar-refractivity contribution in [1.82, 2.24) is 20.2 Å². The van der Waals surface area contributed by atoms with Gasteiger partial charge in [0, 0.05) is 41.9 Å². The average Bonchev–Trinajstić information content (AvgIpc) is 2.96. The first-order chi connectivity index (χ1) is 11.6. The fourth-order valence-electron chi connectivity index (χ4n) is 2.94. The van der Waals surface area contributed by atoms with E-state index < -0.39 is 0 Å². The summed E-state index contributed by atoms with van der Waals surface area (Å²) in [5.41, 5.74) is 1.71. The van der Waals surface area contributed by atoms with Crippen molar-refractivity contribution in [2.24, 2.45) is 0 Å². The van der Waals surface area contributed by atoms with Gasteiger partial charge in [-0.3, -0.25) is 5.10 Å². The molecule has 24 heavy (non-hydrogen) atoms. The van der Waals surface area contributed by atoms with Gasteiger partial charge < -0.3 is 9.80 Å². The minimum atomic E-state index is 0.653. The molecular formula is C15H13BrCl2N6. The van der Waals surface area contributed by atoms with Gasteiger partial charge in [-0.2, -0.15) is 5.10 Å². The van der Waals surface area contributed by atoms with E-state index in [2.05, 4.69) is 45.9 Å². The molecule has 3 aromatic rings. The molecule has 3 heterocycles. The number of anilines is 2. The minimum absolute atomic E-state index is 0.653. The van der Waals surface area contributed by atoms with Crippen LogP contribution in [0.25, 0.3) is 11.0 Å². The zero-order chi connectivity index (χ0) is 16.7. The molecule has 4 rings (SSSR count). The highest BCUT2D eigenvalue weighted by atomic mass is 79.9. The van der Waals surface area contributed by atoms with E-state index in [4.69, 9.17) is 23.2 Å². The molecule has 9 heteroatoms. The van der Waals surface area contributed by atoms with Gasteiger partial charge >= 0.3 is 0 Å². The Kier molecular flexibility index (Phi) is 4.24. The number of hydrogen-bond donors (Lipinski definition) is 1. The number of aromatic nitrogens is 4. The third kappa shape index (κ3) is 2.92. The average molecular weight is 428 g/mol. The van der Waals surface area contributed by atoms with Crippen molar-refractivity contribution in [3.8, 4) is 0 Å². The van der Waals surface area contributed by atoms with Crippen LogP contribution in [0.2, 0.25) is 10.0 Å². The first-order valence-corrected chi connectivity index (χ1v) is 8.97. The monoisotopic (exact) mass is 426 g/mol. The summed E-state index contributed by atoms with van der Waals surface area (Å²) in [6.45, 7) is 3.40. The Morgan fingerprint density at radius 1 is 0.958 bits per heavy atom. The van der Waals surface area contributed by atoms with Crippen LogP contribution in [0.1, 0.15) is 0 Å². The van der Waals surface area contributed by atoms with Gasteiger partial charge in [0.15, 0.2) is 5.65 Å². The molecule has 0 spiro atoms. The maximum atomic E-state index is 6.11. The number of fused-ring (bicyclic) bond motifs is 1. The maximum Gasteiger partial charge on any atom is 0.187 e. The van der Waals surface area contributed by atoms with Gasteiger partial charge in [-0.15, -0.1) is 0 Å². The molecule has 6 nitrogen and oxygen atoms in total. The van der Waals surface area contributed by atoms with Gasteiger partial charge in [0.05, 0.1) is 5.39 Å². The molecule has 1 aliphatic heterocycles. The molecule has 1 aromatic carbocycles. The highest BCUT2D eigenvalue weighted by molar-refractivity contribution is 9.10. The largest absolute Gasteiger partial charge is 0.368 e. The highest BCUT2D eigenvalue weighted by Crippen LogP contribution is 2.30. The Morgan fingerprint density at radius 2 is 1.62 bits per heavy atom. The van der Waals surface area contributed by atoms with Crippen LogP contribution in [0.15, 0.2) is 29.1 Å². The van der Waals surface area contributed by atoms with Crippen LogP contribution in [-0.2, 0) is 0 Å². The predicted molar refractivity (Wildman–Crippen MR) is 100 cm³/mol. The summed E-state index contributed by atoms with van der Waals surface area (Å²) in [6, 6.07) is 5.63. The molecule has 0 aliphatic carbocycles. The van der Waals surface area contributed by atoms with Crippen LogP contribution in [0, 0.1) is 0 Å². The van der Waals surface area contributed by atoms with Gasteiger partial charge in [-0.05, 0) is 34.1 Å². The molecule has 0 atom stereocenters. The van der Waals surface area contributed by atoms with Crippen molar-refractivity contribution >= 4 is 61.7 Å². The lowest BCUT2D eigenvalue weighted by Gasteiger charge is -2.37. The molecular weight excluding hydrogens is 415 g/mol. The van der Waals surface area contributed by atoms with E-state index >= 15 is 0 Å². The quantitative estimate of drug-likeness (QED) is 0.674. The second-order valence-electron chi connectivity index (χ2n) is 5.54. The van der Waals surface area contributed by atoms with Gasteiger partial charge in [-0.25, -0.2) is 9.97 Å². The van der Waals surface area contributed by atoms with Crippen molar-refractivity contribution in [1.29, 1.82) is 0 Å². The van der Waals surface area contributed by atoms with Crippen molar-refractivity contribution in [3.05, 3.63) is 39.2 Å². The van der Waals surface area contributed by atoms with Crippen molar-refractivity contribution in [2.45, 2.75) is 0 Å². The van der Waals surface area contributed by atoms with Gasteiger partial charge in [0.25, 0.3) is 0 Å². The van der Waals surface area contributed by atoms with E-state index in [9.17, 15) is 0 Å². The number of hydrogen-bond acceptors (Lipinski definition) is 5. The fourth-order valence-corrected chi connectivity index (χ4v) is 3.90. The summed E-state index contributed by atoms with van der Waals surface area (Å²) in [5, 5.41) is 9.29. The predicted octanol–water partition coefficient (Wildman–Crippen LogP) is 3.75. The number of halogens is 3. The van der Waals surface area contributed by atoms with Crippen LogP contribution in [-0.4, -0.2) is 46.3 Å². The molecule has 1 fully saturated rings. The van der Waals surface area contributed by atoms with Gasteiger partial charge in [0.2, 0.25) is 0 Å². The first-order valence-electron chi connectivity index (χ1n) is 7.42. The van der Waals surface area contributed by atoms with Crippen LogP contribution in [0.3, 0.4) is 0 Å². The lowest BCUT2D eigenvalue weighted by Crippen LogP contribution is -2.47. The zero-order valence-electron chi connectivity index (χ0n) is 12.5. The van der Waals surface area contributed by atoms with E-state index in [0.29, 0.717) is 15.7 Å². The number of rotatable bonds is 2. The van der Waals surface area contributed by atoms with E-state index in [1.54, 1.807) is 12.4 Å². The lowest BCUT2D eigenvalue weighted by atomic mass is 10.2. The SMILES string of the molecule is Clc1cc(Cl)cc(N2CCN(c3ncnc4n[nH]c(Br)c34)CC2)c1. The van der Waals surface area contributed by atoms with E-state index in [1.165, 1.54) is 0 Å². The molecule has 0 unspecified atom stereocenters. The first kappa shape index (κ1) is 15.9. The fraction of sp³-hybridized carbons (Fsp3) is 0.267. The topological polar surface area (TPSA) is 60.9 Å². The third-order valence-electron chi connectivity index (χ3n) is 4.08. The van der Waals surface area contributed by atoms with Crippen LogP contribution in [0.5, 0.6) is 0 Å². The molecule has 0 radical (unpaired) electrons. The Hall–Kier alpha value is -1.57. The van der Waals surface area contributed by atoms with Gasteiger partial charge in [-0.1, -0.05) is 23.2 Å². The Morgan fingerprint density at radius 3 is 2.33 bits per heavy atom. The summed E-state index contributed by atoms with van der Waals surface area (Å²) < 4.78 is 0.803. The number of aromatic amines is 1. The van der Waals surface area contributed by atoms with Crippen molar-refractivity contribution in [2.75, 3.05) is 36.0 Å². The molecule has 1 aliphatic rings. The van der Waals surface area contributed by atoms with E-state index in [1.807, 2.05) is 12.1 Å². The zero-order valence-corrected chi connectivity index (χ0v) is 15.6. The highest BCUT2D eigenvalue weighted by Gasteiger charge is 2.22. The number of benzene rings is 1. The summed E-state index contributed by atoms with van der Waals surface area (Å²) in [6.07, 6.45) is 1.55. The second kappa shape index (κ2) is 6.38. The smallest absolute Gasteiger partial charge is 0.187 e. The van der Waals surface area contributed by atoms with E-state index in [0.717, 1.165) is 47.7 Å². The standard InChI is InChI=1S/C15H13BrCl2N6/c16-13-12-14(22-21-13)19-8-20-15(12)24-3-1-23(2-4-24)11-6-9(17)5-10(18)7-11/h5-8H,1-4H2,(H,19,20,21,22). The molecule has 124 valence electrons. The number of piperazine rings is 1. The molecule has 1 N–H and O–H groups in total. The Bertz CT molecular complexity index is 871. The van der Waals surface area contributed by atoms with Crippen molar-refractivity contribution < 1.29 is 0 Å². The van der Waals surface area contributed by atoms with Crippen molar-refractivity contribution in [3.63, 3.8) is 0 Å². The summed E-state index contributed by atoms with van der Waals surface area (Å²) >= 11 is 15.7. The van der Waals surface area contributed by atoms with E-state index in [-0.39, 0.29) is 0 Å². The normalized spacial score (nSPS) is 15.3. The van der Waals surface area contributed by atoms with Crippen LogP contribution >= 0.6 is 39.1 Å². The lowest BCUT2D eigenvalue weighted by molar-refractivity contribution is 0.649. The molecule has 0 saturated carbocycles. The maximum absolute atomic E-state index is 6.11.